The number of hydrogen-bond donors (Lipinski definition) is 2. The maximum atomic E-state index is 14.7. The predicted octanol–water partition coefficient (Wildman–Crippen LogP) is 8.70. The van der Waals surface area contributed by atoms with Crippen molar-refractivity contribution < 1.29 is 53.8 Å². The third-order valence-electron chi connectivity index (χ3n) is 9.00. The Hall–Kier alpha value is -4.39. The van der Waals surface area contributed by atoms with Gasteiger partial charge in [0.05, 0.1) is 29.8 Å². The maximum absolute atomic E-state index is 14.7. The molecule has 5 rings (SSSR count). The van der Waals surface area contributed by atoms with Gasteiger partial charge in [-0.25, -0.2) is 35.6 Å². The van der Waals surface area contributed by atoms with Crippen LogP contribution in [-0.4, -0.2) is 92.5 Å². The maximum Gasteiger partial charge on any atom is 0.418 e. The Bertz CT molecular complexity index is 2150. The van der Waals surface area contributed by atoms with E-state index in [9.17, 15) is 44.3 Å². The first kappa shape index (κ1) is 42.7. The number of rotatable bonds is 14. The van der Waals surface area contributed by atoms with Crippen LogP contribution in [0.5, 0.6) is 5.75 Å². The van der Waals surface area contributed by atoms with Gasteiger partial charge >= 0.3 is 24.5 Å². The normalized spacial score (nSPS) is 14.3. The highest BCUT2D eigenvalue weighted by Crippen LogP contribution is 2.35. The van der Waals surface area contributed by atoms with Crippen molar-refractivity contribution in [3.05, 3.63) is 82.5 Å². The summed E-state index contributed by atoms with van der Waals surface area (Å²) in [6.45, 7) is 0.508. The standard InChI is InChI=1S/C36H37Cl2F6N5O6S/c1-21-18-49(35(51)55-25-8-12-47(13-9-25)20-36(43,44)33(41)42)32-27(21)16-26(56(52,53)46-31-28(39)14-23(38)15-29(31)40)17-30(32)45-34(50)48(11-3-10-37)19-22-4-6-24(54-2)7-5-22/h4-7,14-18,25,33,46H,3,8-13,19-20H2,1-2H3,(H,45,50). The summed E-state index contributed by atoms with van der Waals surface area (Å²) in [6, 6.07) is 9.74. The van der Waals surface area contributed by atoms with Crippen LogP contribution in [0, 0.1) is 18.6 Å². The number of urea groups is 1. The minimum atomic E-state index is -4.78. The van der Waals surface area contributed by atoms with Gasteiger partial charge in [0.25, 0.3) is 10.0 Å². The molecular weight excluding hydrogens is 815 g/mol. The van der Waals surface area contributed by atoms with Gasteiger partial charge < -0.3 is 19.7 Å². The van der Waals surface area contributed by atoms with Crippen LogP contribution in [0.25, 0.3) is 10.9 Å². The summed E-state index contributed by atoms with van der Waals surface area (Å²) in [4.78, 5) is 29.7. The van der Waals surface area contributed by atoms with E-state index < -0.39 is 69.4 Å². The molecule has 11 nitrogen and oxygen atoms in total. The Morgan fingerprint density at radius 2 is 1.70 bits per heavy atom. The lowest BCUT2D eigenvalue weighted by molar-refractivity contribution is -0.145. The molecule has 0 saturated carbocycles. The van der Waals surface area contributed by atoms with Crippen molar-refractivity contribution in [2.75, 3.05) is 49.2 Å². The van der Waals surface area contributed by atoms with Crippen molar-refractivity contribution >= 4 is 67.6 Å². The van der Waals surface area contributed by atoms with Gasteiger partial charge in [0, 0.05) is 48.7 Å². The number of hydrogen-bond acceptors (Lipinski definition) is 7. The fraction of sp³-hybridized carbons (Fsp3) is 0.389. The monoisotopic (exact) mass is 851 g/mol. The molecule has 56 heavy (non-hydrogen) atoms. The third kappa shape index (κ3) is 10.1. The van der Waals surface area contributed by atoms with Gasteiger partial charge in [-0.15, -0.1) is 11.6 Å². The molecule has 1 aromatic heterocycles. The lowest BCUT2D eigenvalue weighted by Crippen LogP contribution is -2.46. The van der Waals surface area contributed by atoms with Gasteiger partial charge in [0.1, 0.15) is 17.5 Å². The highest BCUT2D eigenvalue weighted by molar-refractivity contribution is 7.92. The van der Waals surface area contributed by atoms with E-state index in [-0.39, 0.29) is 66.5 Å². The second-order valence-electron chi connectivity index (χ2n) is 13.1. The third-order valence-corrected chi connectivity index (χ3v) is 10.8. The quantitative estimate of drug-likeness (QED) is 0.0962. The van der Waals surface area contributed by atoms with Crippen LogP contribution in [0.15, 0.2) is 59.6 Å². The van der Waals surface area contributed by atoms with E-state index in [0.29, 0.717) is 35.4 Å². The first-order valence-corrected chi connectivity index (χ1v) is 19.5. The Morgan fingerprint density at radius 3 is 2.29 bits per heavy atom. The molecule has 4 aromatic rings. The summed E-state index contributed by atoms with van der Waals surface area (Å²) in [7, 11) is -3.28. The van der Waals surface area contributed by atoms with Crippen molar-refractivity contribution in [3.63, 3.8) is 0 Å². The summed E-state index contributed by atoms with van der Waals surface area (Å²) in [5.74, 6) is -6.01. The molecule has 20 heteroatoms. The molecule has 1 aliphatic rings. The van der Waals surface area contributed by atoms with Gasteiger partial charge in [-0.3, -0.25) is 14.2 Å². The smallest absolute Gasteiger partial charge is 0.418 e. The number of anilines is 2. The van der Waals surface area contributed by atoms with E-state index >= 15 is 0 Å². The molecule has 2 heterocycles. The molecule has 0 radical (unpaired) electrons. The van der Waals surface area contributed by atoms with Crippen molar-refractivity contribution in [2.24, 2.45) is 0 Å². The van der Waals surface area contributed by atoms with Crippen molar-refractivity contribution in [3.8, 4) is 5.75 Å². The average molecular weight is 853 g/mol. The second-order valence-corrected chi connectivity index (χ2v) is 15.6. The van der Waals surface area contributed by atoms with Gasteiger partial charge in [-0.05, 0) is 73.7 Å². The van der Waals surface area contributed by atoms with Crippen LogP contribution < -0.4 is 14.8 Å². The molecule has 0 unspecified atom stereocenters. The van der Waals surface area contributed by atoms with Crippen LogP contribution >= 0.6 is 23.2 Å². The Morgan fingerprint density at radius 1 is 1.05 bits per heavy atom. The molecule has 1 aliphatic heterocycles. The number of nitrogens with one attached hydrogen (secondary N) is 2. The number of likely N-dealkylation sites (tertiary alicyclic amines) is 1. The first-order valence-electron chi connectivity index (χ1n) is 17.1. The molecule has 0 aliphatic carbocycles. The average Bonchev–Trinajstić information content (AvgIpc) is 3.49. The SMILES string of the molecule is COc1ccc(CN(CCCCl)C(=O)Nc2cc(S(=O)(=O)Nc3c(F)cc(Cl)cc3F)cc3c(C)cn(C(=O)OC4CCN(CC(F)(F)C(F)F)CC4)c23)cc1. The highest BCUT2D eigenvalue weighted by Gasteiger charge is 2.43. The summed E-state index contributed by atoms with van der Waals surface area (Å²) < 4.78 is 123. The zero-order chi connectivity index (χ0) is 40.9. The number of sulfonamides is 1. The Kier molecular flexibility index (Phi) is 13.6. The number of methoxy groups -OCH3 is 1. The lowest BCUT2D eigenvalue weighted by atomic mass is 10.1. The minimum Gasteiger partial charge on any atom is -0.497 e. The number of fused-ring (bicyclic) bond motifs is 1. The Balaban J connectivity index is 1.50. The van der Waals surface area contributed by atoms with Crippen LogP contribution in [0.3, 0.4) is 0 Å². The Labute approximate surface area is 328 Å². The number of aromatic nitrogens is 1. The van der Waals surface area contributed by atoms with Gasteiger partial charge in [0.15, 0.2) is 11.6 Å². The fourth-order valence-corrected chi connectivity index (χ4v) is 7.56. The van der Waals surface area contributed by atoms with Crippen LogP contribution in [0.1, 0.15) is 30.4 Å². The molecule has 1 fully saturated rings. The van der Waals surface area contributed by atoms with E-state index in [1.165, 1.54) is 25.1 Å². The van der Waals surface area contributed by atoms with E-state index in [2.05, 4.69) is 5.32 Å². The molecule has 2 amide bonds. The number of carbonyl (C=O) groups is 2. The summed E-state index contributed by atoms with van der Waals surface area (Å²) in [5, 5.41) is 2.50. The molecule has 0 spiro atoms. The lowest BCUT2D eigenvalue weighted by Gasteiger charge is -2.33. The number of aryl methyl sites for hydroxylation is 1. The van der Waals surface area contributed by atoms with Crippen molar-refractivity contribution in [1.29, 1.82) is 0 Å². The minimum absolute atomic E-state index is 0.000550. The van der Waals surface area contributed by atoms with Gasteiger partial charge in [-0.2, -0.15) is 8.78 Å². The molecule has 0 atom stereocenters. The summed E-state index contributed by atoms with van der Waals surface area (Å²) in [6.07, 6.45) is -3.79. The number of piperidine rings is 1. The van der Waals surface area contributed by atoms with Gasteiger partial charge in [-0.1, -0.05) is 23.7 Å². The summed E-state index contributed by atoms with van der Waals surface area (Å²) >= 11 is 11.7. The first-order chi connectivity index (χ1) is 26.4. The van der Waals surface area contributed by atoms with E-state index in [1.54, 1.807) is 24.3 Å². The van der Waals surface area contributed by atoms with Crippen LogP contribution in [-0.2, 0) is 21.3 Å². The van der Waals surface area contributed by atoms with E-state index in [1.807, 2.05) is 4.72 Å². The molecule has 2 N–H and O–H groups in total. The number of nitrogens with zero attached hydrogens (tertiary/aromatic N) is 3. The molecule has 3 aromatic carbocycles. The van der Waals surface area contributed by atoms with Crippen LogP contribution in [0.4, 0.5) is 47.3 Å². The predicted molar refractivity (Wildman–Crippen MR) is 199 cm³/mol. The molecule has 1 saturated heterocycles. The molecule has 304 valence electrons. The van der Waals surface area contributed by atoms with E-state index in [0.717, 1.165) is 21.6 Å². The number of benzene rings is 3. The van der Waals surface area contributed by atoms with Crippen LogP contribution in [0.2, 0.25) is 5.02 Å². The largest absolute Gasteiger partial charge is 0.497 e. The van der Waals surface area contributed by atoms with Crippen molar-refractivity contribution in [1.82, 2.24) is 14.4 Å². The highest BCUT2D eigenvalue weighted by atomic mass is 35.5. The zero-order valence-electron chi connectivity index (χ0n) is 29.9. The fourth-order valence-electron chi connectivity index (χ4n) is 6.12. The number of carbonyl (C=O) groups excluding carboxylic acids is 2. The number of ether oxygens (including phenoxy) is 2. The number of halogens is 8. The number of amides is 2. The molecule has 0 bridgehead atoms. The topological polar surface area (TPSA) is 122 Å². The zero-order valence-corrected chi connectivity index (χ0v) is 32.3. The van der Waals surface area contributed by atoms with Crippen molar-refractivity contribution in [2.45, 2.75) is 56.1 Å². The molecular formula is C36H37Cl2F6N5O6S. The van der Waals surface area contributed by atoms with Gasteiger partial charge in [0.2, 0.25) is 0 Å². The number of alkyl halides is 5. The summed E-state index contributed by atoms with van der Waals surface area (Å²) in [5.41, 5.74) is -0.174. The van der Waals surface area contributed by atoms with E-state index in [4.69, 9.17) is 32.7 Å². The second kappa shape index (κ2) is 17.8.